The number of ether oxygens (including phenoxy) is 1. The first kappa shape index (κ1) is 14.6. The third kappa shape index (κ3) is 3.40. The molecule has 1 unspecified atom stereocenters. The number of nitrogens with one attached hydrogen (secondary N) is 1. The molecular weight excluding hydrogens is 266 g/mol. The van der Waals surface area contributed by atoms with E-state index < -0.39 is 12.5 Å². The van der Waals surface area contributed by atoms with Gasteiger partial charge in [0.25, 0.3) is 6.43 Å². The van der Waals surface area contributed by atoms with Crippen LogP contribution in [0.4, 0.5) is 8.78 Å². The van der Waals surface area contributed by atoms with Crippen molar-refractivity contribution in [3.8, 4) is 5.75 Å². The number of pyridine rings is 1. The lowest BCUT2D eigenvalue weighted by Gasteiger charge is -2.11. The molecule has 20 heavy (non-hydrogen) atoms. The fourth-order valence-corrected chi connectivity index (χ4v) is 1.86. The van der Waals surface area contributed by atoms with Crippen molar-refractivity contribution in [3.05, 3.63) is 36.0 Å². The number of para-hydroxylation sites is 1. The van der Waals surface area contributed by atoms with Crippen LogP contribution in [0.3, 0.4) is 0 Å². The highest BCUT2D eigenvalue weighted by Gasteiger charge is 2.15. The van der Waals surface area contributed by atoms with Gasteiger partial charge in [-0.2, -0.15) is 0 Å². The van der Waals surface area contributed by atoms with Crippen molar-refractivity contribution in [1.29, 1.82) is 0 Å². The summed E-state index contributed by atoms with van der Waals surface area (Å²) in [6.45, 7) is 0.126. The van der Waals surface area contributed by atoms with E-state index in [4.69, 9.17) is 9.84 Å². The molecule has 0 radical (unpaired) electrons. The maximum Gasteiger partial charge on any atom is 0.265 e. The van der Waals surface area contributed by atoms with E-state index in [9.17, 15) is 8.78 Å². The predicted molar refractivity (Wildman–Crippen MR) is 72.0 cm³/mol. The highest BCUT2D eigenvalue weighted by atomic mass is 19.3. The van der Waals surface area contributed by atoms with Crippen molar-refractivity contribution in [1.82, 2.24) is 10.3 Å². The maximum absolute atomic E-state index is 12.1. The number of aliphatic hydroxyl groups excluding tert-OH is 1. The Bertz CT molecular complexity index is 578. The smallest absolute Gasteiger partial charge is 0.265 e. The van der Waals surface area contributed by atoms with Gasteiger partial charge in [-0.05, 0) is 12.1 Å². The van der Waals surface area contributed by atoms with Crippen LogP contribution in [0.15, 0.2) is 30.3 Å². The Morgan fingerprint density at radius 3 is 2.80 bits per heavy atom. The number of alkyl halides is 2. The Morgan fingerprint density at radius 1 is 1.30 bits per heavy atom. The normalized spacial score (nSPS) is 12.8. The summed E-state index contributed by atoms with van der Waals surface area (Å²) in [7, 11) is 1.57. The van der Waals surface area contributed by atoms with Crippen LogP contribution in [0.1, 0.15) is 5.69 Å². The first-order chi connectivity index (χ1) is 9.61. The number of halogens is 2. The summed E-state index contributed by atoms with van der Waals surface area (Å²) in [6.07, 6.45) is -4.41. The van der Waals surface area contributed by atoms with Crippen molar-refractivity contribution in [2.45, 2.75) is 19.1 Å². The molecule has 1 aromatic carbocycles. The van der Waals surface area contributed by atoms with Gasteiger partial charge in [-0.1, -0.05) is 18.2 Å². The summed E-state index contributed by atoms with van der Waals surface area (Å²) < 4.78 is 29.5. The molecule has 0 bridgehead atoms. The van der Waals surface area contributed by atoms with Gasteiger partial charge in [0.05, 0.1) is 12.8 Å². The molecule has 2 aromatic rings. The summed E-state index contributed by atoms with van der Waals surface area (Å²) in [6, 6.07) is 9.31. The van der Waals surface area contributed by atoms with Gasteiger partial charge in [0.15, 0.2) is 0 Å². The number of nitrogens with zero attached hydrogens (tertiary/aromatic N) is 1. The second kappa shape index (κ2) is 6.58. The van der Waals surface area contributed by atoms with E-state index >= 15 is 0 Å². The van der Waals surface area contributed by atoms with Crippen LogP contribution in [0.5, 0.6) is 5.75 Å². The topological polar surface area (TPSA) is 54.4 Å². The molecule has 0 aliphatic rings. The van der Waals surface area contributed by atoms with Crippen molar-refractivity contribution in [2.75, 3.05) is 13.7 Å². The number of aliphatic hydroxyl groups is 1. The third-order valence-electron chi connectivity index (χ3n) is 2.91. The average molecular weight is 282 g/mol. The molecule has 0 aliphatic heterocycles. The standard InChI is InChI=1S/C14H16F2N2O2/c1-20-12-4-2-3-9-5-6-10(18-13(9)12)7-17-8-11(19)14(15)16/h2-6,11,14,17,19H,7-8H2,1H3. The average Bonchev–Trinajstić information content (AvgIpc) is 2.46. The van der Waals surface area contributed by atoms with Crippen LogP contribution in [0, 0.1) is 0 Å². The minimum Gasteiger partial charge on any atom is -0.494 e. The van der Waals surface area contributed by atoms with Gasteiger partial charge in [-0.15, -0.1) is 0 Å². The highest BCUT2D eigenvalue weighted by molar-refractivity contribution is 5.84. The zero-order valence-corrected chi connectivity index (χ0v) is 11.0. The maximum atomic E-state index is 12.1. The molecule has 0 aliphatic carbocycles. The molecule has 6 heteroatoms. The lowest BCUT2D eigenvalue weighted by atomic mass is 10.2. The number of aromatic nitrogens is 1. The zero-order valence-electron chi connectivity index (χ0n) is 11.0. The van der Waals surface area contributed by atoms with Crippen molar-refractivity contribution in [2.24, 2.45) is 0 Å². The van der Waals surface area contributed by atoms with Crippen LogP contribution in [-0.4, -0.2) is 36.3 Å². The quantitative estimate of drug-likeness (QED) is 0.850. The highest BCUT2D eigenvalue weighted by Crippen LogP contribution is 2.23. The van der Waals surface area contributed by atoms with E-state index in [1.807, 2.05) is 30.3 Å². The third-order valence-corrected chi connectivity index (χ3v) is 2.91. The van der Waals surface area contributed by atoms with Gasteiger partial charge in [0.1, 0.15) is 17.4 Å². The van der Waals surface area contributed by atoms with Crippen LogP contribution < -0.4 is 10.1 Å². The Hall–Kier alpha value is -1.79. The van der Waals surface area contributed by atoms with Gasteiger partial charge in [-0.3, -0.25) is 0 Å². The summed E-state index contributed by atoms with van der Waals surface area (Å²) in [4.78, 5) is 4.43. The number of rotatable bonds is 6. The summed E-state index contributed by atoms with van der Waals surface area (Å²) >= 11 is 0. The molecule has 2 N–H and O–H groups in total. The SMILES string of the molecule is COc1cccc2ccc(CNCC(O)C(F)F)nc12. The molecule has 108 valence electrons. The molecule has 0 fully saturated rings. The van der Waals surface area contributed by atoms with Crippen LogP contribution in [0.25, 0.3) is 10.9 Å². The van der Waals surface area contributed by atoms with Gasteiger partial charge >= 0.3 is 0 Å². The molecule has 0 saturated carbocycles. The molecule has 0 saturated heterocycles. The van der Waals surface area contributed by atoms with Crippen molar-refractivity contribution < 1.29 is 18.6 Å². The van der Waals surface area contributed by atoms with Crippen LogP contribution >= 0.6 is 0 Å². The first-order valence-electron chi connectivity index (χ1n) is 6.21. The molecular formula is C14H16F2N2O2. The monoisotopic (exact) mass is 282 g/mol. The van der Waals surface area contributed by atoms with Gasteiger partial charge in [0, 0.05) is 18.5 Å². The fraction of sp³-hybridized carbons (Fsp3) is 0.357. The van der Waals surface area contributed by atoms with E-state index in [1.165, 1.54) is 0 Å². The number of benzene rings is 1. The molecule has 1 atom stereocenters. The van der Waals surface area contributed by atoms with Gasteiger partial charge < -0.3 is 15.2 Å². The van der Waals surface area contributed by atoms with E-state index in [0.717, 1.165) is 10.9 Å². The second-order valence-corrected chi connectivity index (χ2v) is 4.37. The summed E-state index contributed by atoms with van der Waals surface area (Å²) in [5.74, 6) is 0.664. The van der Waals surface area contributed by atoms with Crippen LogP contribution in [-0.2, 0) is 6.54 Å². The summed E-state index contributed by atoms with van der Waals surface area (Å²) in [5, 5.41) is 12.7. The summed E-state index contributed by atoms with van der Waals surface area (Å²) in [5.41, 5.74) is 1.42. The fourth-order valence-electron chi connectivity index (χ4n) is 1.86. The van der Waals surface area contributed by atoms with E-state index in [-0.39, 0.29) is 6.54 Å². The lowest BCUT2D eigenvalue weighted by Crippen LogP contribution is -2.31. The minimum atomic E-state index is -2.74. The van der Waals surface area contributed by atoms with Crippen molar-refractivity contribution in [3.63, 3.8) is 0 Å². The van der Waals surface area contributed by atoms with E-state index in [2.05, 4.69) is 10.3 Å². The zero-order chi connectivity index (χ0) is 14.5. The number of methoxy groups -OCH3 is 1. The van der Waals surface area contributed by atoms with E-state index in [0.29, 0.717) is 18.0 Å². The second-order valence-electron chi connectivity index (χ2n) is 4.37. The van der Waals surface area contributed by atoms with Crippen molar-refractivity contribution >= 4 is 10.9 Å². The predicted octanol–water partition coefficient (Wildman–Crippen LogP) is 1.96. The van der Waals surface area contributed by atoms with Crippen LogP contribution in [0.2, 0.25) is 0 Å². The molecule has 1 aromatic heterocycles. The number of hydrogen-bond acceptors (Lipinski definition) is 4. The molecule has 4 nitrogen and oxygen atoms in total. The Kier molecular flexibility index (Phi) is 4.81. The Balaban J connectivity index is 2.08. The molecule has 0 spiro atoms. The number of hydrogen-bond donors (Lipinski definition) is 2. The largest absolute Gasteiger partial charge is 0.494 e. The lowest BCUT2D eigenvalue weighted by molar-refractivity contribution is -0.00344. The van der Waals surface area contributed by atoms with E-state index in [1.54, 1.807) is 7.11 Å². The first-order valence-corrected chi connectivity index (χ1v) is 6.21. The van der Waals surface area contributed by atoms with Gasteiger partial charge in [0.2, 0.25) is 0 Å². The number of fused-ring (bicyclic) bond motifs is 1. The molecule has 1 heterocycles. The minimum absolute atomic E-state index is 0.177. The molecule has 0 amide bonds. The molecule has 2 rings (SSSR count). The Labute approximate surface area is 115 Å². The van der Waals surface area contributed by atoms with Gasteiger partial charge in [-0.25, -0.2) is 13.8 Å². The Morgan fingerprint density at radius 2 is 2.10 bits per heavy atom.